The number of carbonyl (C=O) groups is 1. The van der Waals surface area contributed by atoms with Gasteiger partial charge in [-0.15, -0.1) is 0 Å². The maximum absolute atomic E-state index is 12.9. The highest BCUT2D eigenvalue weighted by Gasteiger charge is 2.15. The van der Waals surface area contributed by atoms with Crippen molar-refractivity contribution in [3.8, 4) is 17.2 Å². The average Bonchev–Trinajstić information content (AvgIpc) is 3.08. The van der Waals surface area contributed by atoms with E-state index in [1.807, 2.05) is 67.6 Å². The van der Waals surface area contributed by atoms with Crippen molar-refractivity contribution in [3.05, 3.63) is 89.7 Å². The van der Waals surface area contributed by atoms with Gasteiger partial charge >= 0.3 is 0 Å². The zero-order valence-electron chi connectivity index (χ0n) is 16.1. The summed E-state index contributed by atoms with van der Waals surface area (Å²) >= 11 is 0. The molecule has 5 nitrogen and oxygen atoms in total. The molecule has 3 aromatic carbocycles. The van der Waals surface area contributed by atoms with Crippen LogP contribution < -0.4 is 5.32 Å². The molecule has 0 saturated heterocycles. The smallest absolute Gasteiger partial charge is 0.251 e. The van der Waals surface area contributed by atoms with Crippen molar-refractivity contribution in [2.45, 2.75) is 13.5 Å². The van der Waals surface area contributed by atoms with E-state index in [2.05, 4.69) is 20.9 Å². The third-order valence-corrected chi connectivity index (χ3v) is 4.98. The Hall–Kier alpha value is -3.91. The number of benzene rings is 3. The minimum Gasteiger partial charge on any atom is -0.350 e. The minimum atomic E-state index is -0.157. The molecule has 1 N–H and O–H groups in total. The zero-order chi connectivity index (χ0) is 20.2. The molecule has 142 valence electrons. The summed E-state index contributed by atoms with van der Waals surface area (Å²) in [7, 11) is 0. The monoisotopic (exact) mass is 380 g/mol. The van der Waals surface area contributed by atoms with Crippen molar-refractivity contribution in [2.24, 2.45) is 0 Å². The van der Waals surface area contributed by atoms with E-state index in [1.165, 1.54) is 0 Å². The number of hydrogen-bond donors (Lipinski definition) is 1. The van der Waals surface area contributed by atoms with Gasteiger partial charge in [-0.25, -0.2) is 4.98 Å². The zero-order valence-corrected chi connectivity index (χ0v) is 16.1. The topological polar surface area (TPSA) is 70.7 Å². The molecule has 0 aliphatic heterocycles. The fourth-order valence-corrected chi connectivity index (χ4v) is 3.59. The number of hydrogen-bond acceptors (Lipinski definition) is 3. The largest absolute Gasteiger partial charge is 0.350 e. The lowest BCUT2D eigenvalue weighted by Gasteiger charge is -2.12. The van der Waals surface area contributed by atoms with Crippen LogP contribution in [0.15, 0.2) is 72.8 Å². The summed E-state index contributed by atoms with van der Waals surface area (Å²) in [5, 5.41) is 12.4. The number of aryl methyl sites for hydroxylation is 1. The molecule has 29 heavy (non-hydrogen) atoms. The third kappa shape index (κ3) is 3.61. The molecule has 5 heteroatoms. The Morgan fingerprint density at radius 2 is 1.69 bits per heavy atom. The number of para-hydroxylation sites is 2. The summed E-state index contributed by atoms with van der Waals surface area (Å²) in [5.41, 5.74) is 4.64. The molecule has 0 spiro atoms. The molecule has 0 atom stereocenters. The van der Waals surface area contributed by atoms with E-state index >= 15 is 0 Å². The lowest BCUT2D eigenvalue weighted by molar-refractivity contribution is 0.0953. The second kappa shape index (κ2) is 7.99. The number of nitrogens with one attached hydrogen (secondary N) is 1. The number of rotatable bonds is 5. The first-order valence-corrected chi connectivity index (χ1v) is 9.47. The van der Waals surface area contributed by atoms with Gasteiger partial charge in [-0.3, -0.25) is 4.79 Å². The number of fused-ring (bicyclic) bond motifs is 1. The molecule has 1 heterocycles. The third-order valence-electron chi connectivity index (χ3n) is 4.98. The molecule has 0 radical (unpaired) electrons. The molecule has 0 saturated carbocycles. The Kier molecular flexibility index (Phi) is 5.08. The van der Waals surface area contributed by atoms with Crippen molar-refractivity contribution < 1.29 is 4.79 Å². The number of nitrogens with zero attached hydrogens (tertiary/aromatic N) is 3. The van der Waals surface area contributed by atoms with Gasteiger partial charge < -0.3 is 9.88 Å². The van der Waals surface area contributed by atoms with Crippen LogP contribution in [0.3, 0.4) is 0 Å². The molecule has 1 amide bonds. The fourth-order valence-electron chi connectivity index (χ4n) is 3.59. The summed E-state index contributed by atoms with van der Waals surface area (Å²) in [6.45, 7) is 3.08. The average molecular weight is 380 g/mol. The lowest BCUT2D eigenvalue weighted by atomic mass is 9.95. The molecule has 0 unspecified atom stereocenters. The van der Waals surface area contributed by atoms with Gasteiger partial charge in [0.15, 0.2) is 0 Å². The van der Waals surface area contributed by atoms with Gasteiger partial charge in [-0.2, -0.15) is 5.26 Å². The van der Waals surface area contributed by atoms with E-state index in [0.29, 0.717) is 24.2 Å². The molecule has 1 aromatic heterocycles. The van der Waals surface area contributed by atoms with Crippen molar-refractivity contribution in [3.63, 3.8) is 0 Å². The van der Waals surface area contributed by atoms with Gasteiger partial charge in [-0.05, 0) is 36.8 Å². The molecule has 4 aromatic rings. The first-order chi connectivity index (χ1) is 14.2. The highest BCUT2D eigenvalue weighted by Crippen LogP contribution is 2.26. The summed E-state index contributed by atoms with van der Waals surface area (Å²) in [5.74, 6) is 0.763. The Labute approximate surface area is 169 Å². The number of carbonyl (C=O) groups excluding carboxylic acids is 1. The Balaban J connectivity index is 1.54. The summed E-state index contributed by atoms with van der Waals surface area (Å²) < 4.78 is 2.10. The molecular formula is C24H20N4O. The Morgan fingerprint density at radius 1 is 1.00 bits per heavy atom. The molecule has 0 aliphatic rings. The van der Waals surface area contributed by atoms with Crippen LogP contribution in [0.5, 0.6) is 0 Å². The SMILES string of the molecule is Cc1nc2ccccc2n1CCNC(=O)c1ccccc1-c1ccccc1C#N. The molecule has 0 aliphatic carbocycles. The van der Waals surface area contributed by atoms with E-state index < -0.39 is 0 Å². The van der Waals surface area contributed by atoms with Crippen molar-refractivity contribution in [2.75, 3.05) is 6.54 Å². The van der Waals surface area contributed by atoms with Gasteiger partial charge in [0.2, 0.25) is 0 Å². The van der Waals surface area contributed by atoms with E-state index in [1.54, 1.807) is 12.1 Å². The summed E-state index contributed by atoms with van der Waals surface area (Å²) in [6, 6.07) is 24.9. The van der Waals surface area contributed by atoms with Crippen LogP contribution in [0, 0.1) is 18.3 Å². The van der Waals surface area contributed by atoms with Crippen LogP contribution in [-0.4, -0.2) is 22.0 Å². The predicted octanol–water partition coefficient (Wildman–Crippen LogP) is 4.31. The van der Waals surface area contributed by atoms with Gasteiger partial charge in [0, 0.05) is 24.2 Å². The molecular weight excluding hydrogens is 360 g/mol. The fraction of sp³-hybridized carbons (Fsp3) is 0.125. The molecule has 4 rings (SSSR count). The minimum absolute atomic E-state index is 0.157. The highest BCUT2D eigenvalue weighted by molar-refractivity contribution is 6.01. The van der Waals surface area contributed by atoms with Crippen molar-refractivity contribution in [1.29, 1.82) is 5.26 Å². The van der Waals surface area contributed by atoms with Crippen LogP contribution in [0.4, 0.5) is 0 Å². The van der Waals surface area contributed by atoms with Crippen LogP contribution in [0.25, 0.3) is 22.2 Å². The normalized spacial score (nSPS) is 10.6. The van der Waals surface area contributed by atoms with E-state index in [4.69, 9.17) is 0 Å². The maximum Gasteiger partial charge on any atom is 0.251 e. The quantitative estimate of drug-likeness (QED) is 0.561. The standard InChI is InChI=1S/C24H20N4O/c1-17-27-22-12-6-7-13-23(22)28(17)15-14-26-24(29)21-11-5-4-10-20(21)19-9-3-2-8-18(19)16-25/h2-13H,14-15H2,1H3,(H,26,29). The summed E-state index contributed by atoms with van der Waals surface area (Å²) in [4.78, 5) is 17.5. The molecule has 0 bridgehead atoms. The van der Waals surface area contributed by atoms with Crippen molar-refractivity contribution >= 4 is 16.9 Å². The van der Waals surface area contributed by atoms with Crippen LogP contribution in [0.1, 0.15) is 21.7 Å². The second-order valence-electron chi connectivity index (χ2n) is 6.76. The lowest BCUT2D eigenvalue weighted by Crippen LogP contribution is -2.28. The van der Waals surface area contributed by atoms with E-state index in [0.717, 1.165) is 28.0 Å². The number of nitriles is 1. The first kappa shape index (κ1) is 18.5. The number of aromatic nitrogens is 2. The number of amides is 1. The van der Waals surface area contributed by atoms with Gasteiger partial charge in [0.1, 0.15) is 5.82 Å². The Bertz CT molecular complexity index is 1230. The number of imidazole rings is 1. The van der Waals surface area contributed by atoms with Crippen LogP contribution in [-0.2, 0) is 6.54 Å². The van der Waals surface area contributed by atoms with Crippen LogP contribution in [0.2, 0.25) is 0 Å². The van der Waals surface area contributed by atoms with Crippen molar-refractivity contribution in [1.82, 2.24) is 14.9 Å². The predicted molar refractivity (Wildman–Crippen MR) is 113 cm³/mol. The van der Waals surface area contributed by atoms with Crippen LogP contribution >= 0.6 is 0 Å². The first-order valence-electron chi connectivity index (χ1n) is 9.47. The highest BCUT2D eigenvalue weighted by atomic mass is 16.1. The van der Waals surface area contributed by atoms with Gasteiger partial charge in [0.05, 0.1) is 22.7 Å². The maximum atomic E-state index is 12.9. The Morgan fingerprint density at radius 3 is 2.52 bits per heavy atom. The van der Waals surface area contributed by atoms with E-state index in [9.17, 15) is 10.1 Å². The second-order valence-corrected chi connectivity index (χ2v) is 6.76. The summed E-state index contributed by atoms with van der Waals surface area (Å²) in [6.07, 6.45) is 0. The molecule has 0 fully saturated rings. The van der Waals surface area contributed by atoms with Gasteiger partial charge in [0.25, 0.3) is 5.91 Å². The van der Waals surface area contributed by atoms with Gasteiger partial charge in [-0.1, -0.05) is 48.5 Å². The van der Waals surface area contributed by atoms with E-state index in [-0.39, 0.29) is 5.91 Å².